The summed E-state index contributed by atoms with van der Waals surface area (Å²) < 4.78 is 39.2. The van der Waals surface area contributed by atoms with E-state index >= 15 is 0 Å². The zero-order valence-electron chi connectivity index (χ0n) is 13.2. The van der Waals surface area contributed by atoms with Crippen LogP contribution in [0.4, 0.5) is 13.2 Å². The van der Waals surface area contributed by atoms with Gasteiger partial charge in [-0.15, -0.1) is 0 Å². The van der Waals surface area contributed by atoms with E-state index in [4.69, 9.17) is 0 Å². The maximum Gasteiger partial charge on any atom is 0.417 e. The topological polar surface area (TPSA) is 45.1 Å². The molecule has 3 nitrogen and oxygen atoms in total. The number of rotatable bonds is 3. The fourth-order valence-corrected chi connectivity index (χ4v) is 2.22. The van der Waals surface area contributed by atoms with Gasteiger partial charge in [-0.1, -0.05) is 12.1 Å². The smallest absolute Gasteiger partial charge is 0.387 e. The van der Waals surface area contributed by atoms with Crippen molar-refractivity contribution in [3.8, 4) is 0 Å². The summed E-state index contributed by atoms with van der Waals surface area (Å²) in [6.07, 6.45) is -3.96. The molecule has 1 heterocycles. The second-order valence-corrected chi connectivity index (χ2v) is 6.25. The van der Waals surface area contributed by atoms with Crippen molar-refractivity contribution in [2.24, 2.45) is 0 Å². The molecule has 0 saturated heterocycles. The SMILES string of the molecule is CC(C)(C)NC[C@@H](O)c1ccc(C(F)(F)F)c2cccnc12.S. The summed E-state index contributed by atoms with van der Waals surface area (Å²) in [4.78, 5) is 4.03. The van der Waals surface area contributed by atoms with Gasteiger partial charge < -0.3 is 10.4 Å². The Morgan fingerprint density at radius 3 is 2.39 bits per heavy atom. The molecule has 128 valence electrons. The van der Waals surface area contributed by atoms with E-state index in [-0.39, 0.29) is 36.5 Å². The van der Waals surface area contributed by atoms with Crippen LogP contribution in [0.2, 0.25) is 0 Å². The van der Waals surface area contributed by atoms with Gasteiger partial charge in [0, 0.05) is 29.2 Å². The number of aliphatic hydroxyl groups is 1. The first kappa shape index (κ1) is 19.7. The van der Waals surface area contributed by atoms with E-state index < -0.39 is 17.8 Å². The van der Waals surface area contributed by atoms with E-state index in [1.807, 2.05) is 20.8 Å². The van der Waals surface area contributed by atoms with Crippen LogP contribution in [0, 0.1) is 0 Å². The summed E-state index contributed by atoms with van der Waals surface area (Å²) in [5.41, 5.74) is -0.368. The third kappa shape index (κ3) is 4.83. The lowest BCUT2D eigenvalue weighted by Gasteiger charge is -2.23. The fraction of sp³-hybridized carbons (Fsp3) is 0.438. The average Bonchev–Trinajstić information content (AvgIpc) is 2.41. The summed E-state index contributed by atoms with van der Waals surface area (Å²) in [5.74, 6) is 0. The van der Waals surface area contributed by atoms with Crippen molar-refractivity contribution >= 4 is 24.4 Å². The number of aromatic nitrogens is 1. The van der Waals surface area contributed by atoms with Crippen molar-refractivity contribution in [1.82, 2.24) is 10.3 Å². The summed E-state index contributed by atoms with van der Waals surface area (Å²) in [6, 6.07) is 5.13. The third-order valence-corrected chi connectivity index (χ3v) is 3.29. The van der Waals surface area contributed by atoms with Gasteiger partial charge >= 0.3 is 6.18 Å². The molecule has 0 unspecified atom stereocenters. The standard InChI is InChI=1S/C16H19F3N2O.H2S/c1-15(2,3)21-9-13(22)11-6-7-12(16(17,18)19)10-5-4-8-20-14(10)11;/h4-8,13,21-22H,9H2,1-3H3;1H2/t13-;/m1./s1. The van der Waals surface area contributed by atoms with Crippen molar-refractivity contribution in [3.63, 3.8) is 0 Å². The Kier molecular flexibility index (Phi) is 6.06. The number of fused-ring (bicyclic) bond motifs is 1. The molecule has 0 amide bonds. The maximum absolute atomic E-state index is 13.1. The van der Waals surface area contributed by atoms with E-state index in [1.54, 1.807) is 0 Å². The molecule has 0 saturated carbocycles. The quantitative estimate of drug-likeness (QED) is 0.889. The summed E-state index contributed by atoms with van der Waals surface area (Å²) in [6.45, 7) is 6.08. The number of alkyl halides is 3. The van der Waals surface area contributed by atoms with Crippen molar-refractivity contribution in [2.45, 2.75) is 38.6 Å². The Balaban J connectivity index is 0.00000264. The molecular weight excluding hydrogens is 325 g/mol. The number of halogens is 3. The van der Waals surface area contributed by atoms with Gasteiger partial charge in [0.15, 0.2) is 0 Å². The first-order valence-corrected chi connectivity index (χ1v) is 6.97. The Hall–Kier alpha value is -1.31. The van der Waals surface area contributed by atoms with Crippen LogP contribution in [0.1, 0.15) is 38.0 Å². The first-order chi connectivity index (χ1) is 10.1. The van der Waals surface area contributed by atoms with E-state index in [0.29, 0.717) is 5.56 Å². The zero-order chi connectivity index (χ0) is 16.5. The Bertz CT molecular complexity index is 668. The van der Waals surface area contributed by atoms with Crippen LogP contribution in [0.15, 0.2) is 30.5 Å². The van der Waals surface area contributed by atoms with E-state index in [2.05, 4.69) is 10.3 Å². The fourth-order valence-electron chi connectivity index (χ4n) is 2.22. The molecule has 1 aromatic heterocycles. The molecule has 0 aliphatic heterocycles. The highest BCUT2D eigenvalue weighted by atomic mass is 32.1. The molecule has 2 N–H and O–H groups in total. The van der Waals surface area contributed by atoms with Crippen molar-refractivity contribution < 1.29 is 18.3 Å². The van der Waals surface area contributed by atoms with Gasteiger partial charge in [0.25, 0.3) is 0 Å². The number of nitrogens with one attached hydrogen (secondary N) is 1. The predicted octanol–water partition coefficient (Wildman–Crippen LogP) is 3.79. The molecule has 7 heteroatoms. The van der Waals surface area contributed by atoms with Crippen LogP contribution >= 0.6 is 13.5 Å². The van der Waals surface area contributed by atoms with Gasteiger partial charge in [-0.2, -0.15) is 26.7 Å². The molecule has 2 rings (SSSR count). The largest absolute Gasteiger partial charge is 0.417 e. The predicted molar refractivity (Wildman–Crippen MR) is 89.8 cm³/mol. The van der Waals surface area contributed by atoms with Crippen molar-refractivity contribution in [1.29, 1.82) is 0 Å². The van der Waals surface area contributed by atoms with Gasteiger partial charge in [-0.3, -0.25) is 4.98 Å². The van der Waals surface area contributed by atoms with Crippen LogP contribution in [0.5, 0.6) is 0 Å². The third-order valence-electron chi connectivity index (χ3n) is 3.29. The van der Waals surface area contributed by atoms with Crippen LogP contribution < -0.4 is 5.32 Å². The van der Waals surface area contributed by atoms with E-state index in [0.717, 1.165) is 6.07 Å². The molecule has 2 aromatic rings. The minimum absolute atomic E-state index is 0. The number of hydrogen-bond acceptors (Lipinski definition) is 3. The van der Waals surface area contributed by atoms with E-state index in [1.165, 1.54) is 24.4 Å². The molecule has 0 aliphatic rings. The second-order valence-electron chi connectivity index (χ2n) is 6.25. The van der Waals surface area contributed by atoms with Gasteiger partial charge in [0.1, 0.15) is 0 Å². The second kappa shape index (κ2) is 7.07. The Morgan fingerprint density at radius 1 is 1.17 bits per heavy atom. The average molecular weight is 346 g/mol. The minimum Gasteiger partial charge on any atom is -0.387 e. The molecular formula is C16H21F3N2OS. The summed E-state index contributed by atoms with van der Waals surface area (Å²) in [7, 11) is 0. The van der Waals surface area contributed by atoms with Gasteiger partial charge in [0.05, 0.1) is 17.2 Å². The molecule has 1 atom stereocenters. The normalized spacial score (nSPS) is 13.7. The molecule has 0 aliphatic carbocycles. The molecule has 0 fully saturated rings. The summed E-state index contributed by atoms with van der Waals surface area (Å²) in [5, 5.41) is 13.4. The van der Waals surface area contributed by atoms with Crippen LogP contribution in [-0.4, -0.2) is 22.2 Å². The van der Waals surface area contributed by atoms with Gasteiger partial charge in [-0.25, -0.2) is 0 Å². The highest BCUT2D eigenvalue weighted by Gasteiger charge is 2.33. The van der Waals surface area contributed by atoms with Crippen LogP contribution in [0.3, 0.4) is 0 Å². The van der Waals surface area contributed by atoms with E-state index in [9.17, 15) is 18.3 Å². The molecule has 23 heavy (non-hydrogen) atoms. The highest BCUT2D eigenvalue weighted by molar-refractivity contribution is 7.59. The number of aliphatic hydroxyl groups excluding tert-OH is 1. The van der Waals surface area contributed by atoms with Crippen molar-refractivity contribution in [2.75, 3.05) is 6.54 Å². The number of benzene rings is 1. The Morgan fingerprint density at radius 2 is 1.83 bits per heavy atom. The lowest BCUT2D eigenvalue weighted by molar-refractivity contribution is -0.136. The molecule has 0 spiro atoms. The number of hydrogen-bond donors (Lipinski definition) is 2. The van der Waals surface area contributed by atoms with Gasteiger partial charge in [0.2, 0.25) is 0 Å². The Labute approximate surface area is 140 Å². The monoisotopic (exact) mass is 346 g/mol. The van der Waals surface area contributed by atoms with Crippen LogP contribution in [0.25, 0.3) is 10.9 Å². The van der Waals surface area contributed by atoms with Crippen molar-refractivity contribution in [3.05, 3.63) is 41.6 Å². The zero-order valence-corrected chi connectivity index (χ0v) is 14.2. The lowest BCUT2D eigenvalue weighted by atomic mass is 9.99. The molecule has 1 aromatic carbocycles. The minimum atomic E-state index is -4.45. The molecule has 0 radical (unpaired) electrons. The first-order valence-electron chi connectivity index (χ1n) is 6.97. The lowest BCUT2D eigenvalue weighted by Crippen LogP contribution is -2.38. The number of nitrogens with zero attached hydrogens (tertiary/aromatic N) is 1. The van der Waals surface area contributed by atoms with Gasteiger partial charge in [-0.05, 0) is 32.9 Å². The summed E-state index contributed by atoms with van der Waals surface area (Å²) >= 11 is 0. The highest BCUT2D eigenvalue weighted by Crippen LogP contribution is 2.36. The number of pyridine rings is 1. The number of β-amino-alcohol motifs (C(OH)–C–C–N with tert-alkyl or cyclic N) is 1. The molecule has 0 bridgehead atoms. The maximum atomic E-state index is 13.1. The van der Waals surface area contributed by atoms with Crippen LogP contribution in [-0.2, 0) is 6.18 Å².